The summed E-state index contributed by atoms with van der Waals surface area (Å²) in [5, 5.41) is 6.10. The van der Waals surface area contributed by atoms with Crippen LogP contribution in [0.15, 0.2) is 36.5 Å². The Kier molecular flexibility index (Phi) is 3.88. The van der Waals surface area contributed by atoms with Crippen LogP contribution in [0.25, 0.3) is 0 Å². The van der Waals surface area contributed by atoms with Gasteiger partial charge < -0.3 is 21.3 Å². The molecule has 22 heavy (non-hydrogen) atoms. The van der Waals surface area contributed by atoms with Gasteiger partial charge in [-0.2, -0.15) is 4.98 Å². The molecule has 3 rings (SSSR count). The summed E-state index contributed by atoms with van der Waals surface area (Å²) in [4.78, 5) is 22.2. The second-order valence-corrected chi connectivity index (χ2v) is 5.08. The van der Waals surface area contributed by atoms with Gasteiger partial charge in [0.1, 0.15) is 5.82 Å². The number of hydrogen-bond acceptors (Lipinski definition) is 6. The van der Waals surface area contributed by atoms with E-state index in [2.05, 4.69) is 20.6 Å². The molecule has 0 radical (unpaired) electrons. The molecule has 1 aliphatic heterocycles. The Balaban J connectivity index is 1.80. The van der Waals surface area contributed by atoms with E-state index in [9.17, 15) is 4.79 Å². The summed E-state index contributed by atoms with van der Waals surface area (Å²) >= 11 is 0. The Morgan fingerprint density at radius 3 is 2.95 bits per heavy atom. The lowest BCUT2D eigenvalue weighted by Gasteiger charge is -2.17. The summed E-state index contributed by atoms with van der Waals surface area (Å²) < 4.78 is 0. The summed E-state index contributed by atoms with van der Waals surface area (Å²) in [6.07, 6.45) is 2.36. The summed E-state index contributed by atoms with van der Waals surface area (Å²) in [5.74, 6) is 1.19. The van der Waals surface area contributed by atoms with Crippen molar-refractivity contribution < 1.29 is 4.79 Å². The van der Waals surface area contributed by atoms with E-state index in [1.165, 1.54) is 0 Å². The molecule has 1 aromatic heterocycles. The van der Waals surface area contributed by atoms with Gasteiger partial charge in [-0.05, 0) is 30.7 Å². The molecule has 2 heterocycles. The summed E-state index contributed by atoms with van der Waals surface area (Å²) in [6, 6.07) is 8.96. The summed E-state index contributed by atoms with van der Waals surface area (Å²) in [7, 11) is 1.80. The van der Waals surface area contributed by atoms with Crippen molar-refractivity contribution in [1.29, 1.82) is 0 Å². The Labute approximate surface area is 128 Å². The van der Waals surface area contributed by atoms with Crippen LogP contribution in [0, 0.1) is 0 Å². The molecule has 1 aromatic carbocycles. The van der Waals surface area contributed by atoms with E-state index in [1.54, 1.807) is 24.2 Å². The minimum Gasteiger partial charge on any atom is -0.373 e. The molecule has 1 fully saturated rings. The van der Waals surface area contributed by atoms with E-state index in [4.69, 9.17) is 5.73 Å². The molecule has 1 amide bonds. The van der Waals surface area contributed by atoms with Crippen LogP contribution in [0.4, 0.5) is 23.1 Å². The number of aromatic nitrogens is 2. The third-order valence-corrected chi connectivity index (χ3v) is 3.57. The Morgan fingerprint density at radius 1 is 1.36 bits per heavy atom. The monoisotopic (exact) mass is 298 g/mol. The van der Waals surface area contributed by atoms with Crippen molar-refractivity contribution >= 4 is 29.0 Å². The highest BCUT2D eigenvalue weighted by Gasteiger charge is 2.29. The molecule has 1 saturated heterocycles. The van der Waals surface area contributed by atoms with E-state index < -0.39 is 6.04 Å². The van der Waals surface area contributed by atoms with E-state index >= 15 is 0 Å². The van der Waals surface area contributed by atoms with Gasteiger partial charge in [0.25, 0.3) is 0 Å². The number of benzene rings is 1. The van der Waals surface area contributed by atoms with Crippen molar-refractivity contribution in [1.82, 2.24) is 9.97 Å². The van der Waals surface area contributed by atoms with Gasteiger partial charge >= 0.3 is 0 Å². The summed E-state index contributed by atoms with van der Waals surface area (Å²) in [5.41, 5.74) is 7.41. The van der Waals surface area contributed by atoms with Gasteiger partial charge in [0, 0.05) is 31.2 Å². The first-order chi connectivity index (χ1) is 10.7. The second kappa shape index (κ2) is 5.98. The van der Waals surface area contributed by atoms with Gasteiger partial charge in [-0.25, -0.2) is 4.98 Å². The van der Waals surface area contributed by atoms with E-state index in [1.807, 2.05) is 24.3 Å². The fraction of sp³-hybridized carbons (Fsp3) is 0.267. The molecule has 114 valence electrons. The SMILES string of the molecule is CNc1ccnc(Nc2cccc(N3CCC(N)C3=O)c2)n1. The molecule has 1 atom stereocenters. The highest BCUT2D eigenvalue weighted by atomic mass is 16.2. The molecule has 0 aliphatic carbocycles. The lowest BCUT2D eigenvalue weighted by molar-refractivity contribution is -0.118. The molecule has 2 aromatic rings. The quantitative estimate of drug-likeness (QED) is 0.788. The van der Waals surface area contributed by atoms with Crippen LogP contribution in [0.1, 0.15) is 6.42 Å². The fourth-order valence-electron chi connectivity index (χ4n) is 2.40. The van der Waals surface area contributed by atoms with Crippen LogP contribution in [-0.2, 0) is 4.79 Å². The maximum atomic E-state index is 12.0. The smallest absolute Gasteiger partial charge is 0.243 e. The van der Waals surface area contributed by atoms with E-state index in [-0.39, 0.29) is 5.91 Å². The normalized spacial score (nSPS) is 17.6. The predicted octanol–water partition coefficient (Wildman–Crippen LogP) is 1.33. The topological polar surface area (TPSA) is 96.2 Å². The third kappa shape index (κ3) is 2.84. The molecule has 1 unspecified atom stereocenters. The molecule has 0 spiro atoms. The largest absolute Gasteiger partial charge is 0.373 e. The summed E-state index contributed by atoms with van der Waals surface area (Å²) in [6.45, 7) is 0.648. The second-order valence-electron chi connectivity index (χ2n) is 5.08. The molecule has 0 bridgehead atoms. The maximum Gasteiger partial charge on any atom is 0.243 e. The maximum absolute atomic E-state index is 12.0. The molecule has 4 N–H and O–H groups in total. The van der Waals surface area contributed by atoms with Crippen molar-refractivity contribution in [3.05, 3.63) is 36.5 Å². The number of nitrogens with zero attached hydrogens (tertiary/aromatic N) is 3. The number of rotatable bonds is 4. The third-order valence-electron chi connectivity index (χ3n) is 3.57. The van der Waals surface area contributed by atoms with E-state index in [0.717, 1.165) is 17.2 Å². The lowest BCUT2D eigenvalue weighted by Crippen LogP contribution is -2.33. The minimum absolute atomic E-state index is 0.0365. The van der Waals surface area contributed by atoms with Gasteiger partial charge in [-0.1, -0.05) is 6.07 Å². The van der Waals surface area contributed by atoms with Crippen LogP contribution in [0.2, 0.25) is 0 Å². The van der Waals surface area contributed by atoms with Crippen LogP contribution in [0.3, 0.4) is 0 Å². The zero-order valence-corrected chi connectivity index (χ0v) is 12.3. The lowest BCUT2D eigenvalue weighted by atomic mass is 10.2. The molecular weight excluding hydrogens is 280 g/mol. The Hall–Kier alpha value is -2.67. The predicted molar refractivity (Wildman–Crippen MR) is 86.2 cm³/mol. The number of carbonyl (C=O) groups excluding carboxylic acids is 1. The van der Waals surface area contributed by atoms with Crippen LogP contribution < -0.4 is 21.3 Å². The van der Waals surface area contributed by atoms with E-state index in [0.29, 0.717) is 18.9 Å². The van der Waals surface area contributed by atoms with Crippen molar-refractivity contribution in [3.63, 3.8) is 0 Å². The molecular formula is C15H18N6O. The molecule has 1 aliphatic rings. The van der Waals surface area contributed by atoms with Gasteiger partial charge in [0.05, 0.1) is 6.04 Å². The van der Waals surface area contributed by atoms with Gasteiger partial charge in [-0.15, -0.1) is 0 Å². The highest BCUT2D eigenvalue weighted by molar-refractivity contribution is 5.99. The fourth-order valence-corrected chi connectivity index (χ4v) is 2.40. The minimum atomic E-state index is -0.396. The van der Waals surface area contributed by atoms with Gasteiger partial charge in [0.2, 0.25) is 11.9 Å². The number of carbonyl (C=O) groups is 1. The first-order valence-corrected chi connectivity index (χ1v) is 7.12. The molecule has 7 nitrogen and oxygen atoms in total. The van der Waals surface area contributed by atoms with Crippen LogP contribution >= 0.6 is 0 Å². The first-order valence-electron chi connectivity index (χ1n) is 7.12. The van der Waals surface area contributed by atoms with Crippen molar-refractivity contribution in [2.75, 3.05) is 29.1 Å². The number of anilines is 4. The van der Waals surface area contributed by atoms with Gasteiger partial charge in [0.15, 0.2) is 0 Å². The number of nitrogens with two attached hydrogens (primary N) is 1. The first kappa shape index (κ1) is 14.3. The number of nitrogens with one attached hydrogen (secondary N) is 2. The average molecular weight is 298 g/mol. The zero-order chi connectivity index (χ0) is 15.5. The number of hydrogen-bond donors (Lipinski definition) is 3. The van der Waals surface area contributed by atoms with Gasteiger partial charge in [-0.3, -0.25) is 4.79 Å². The average Bonchev–Trinajstić information content (AvgIpc) is 2.87. The highest BCUT2D eigenvalue weighted by Crippen LogP contribution is 2.25. The Morgan fingerprint density at radius 2 is 2.23 bits per heavy atom. The van der Waals surface area contributed by atoms with Crippen molar-refractivity contribution in [2.24, 2.45) is 5.73 Å². The number of amides is 1. The van der Waals surface area contributed by atoms with Crippen molar-refractivity contribution in [3.8, 4) is 0 Å². The Bertz CT molecular complexity index is 689. The van der Waals surface area contributed by atoms with Crippen LogP contribution in [0.5, 0.6) is 0 Å². The standard InChI is InChI=1S/C15H18N6O/c1-17-13-5-7-18-15(20-13)19-10-3-2-4-11(9-10)21-8-6-12(16)14(21)22/h2-5,7,9,12H,6,8,16H2,1H3,(H2,17,18,19,20). The van der Waals surface area contributed by atoms with Crippen LogP contribution in [-0.4, -0.2) is 35.5 Å². The molecule has 0 saturated carbocycles. The zero-order valence-electron chi connectivity index (χ0n) is 12.3. The molecule has 7 heteroatoms. The van der Waals surface area contributed by atoms with Crippen molar-refractivity contribution in [2.45, 2.75) is 12.5 Å².